The Morgan fingerprint density at radius 1 is 1.00 bits per heavy atom. The van der Waals surface area contributed by atoms with Gasteiger partial charge in [-0.2, -0.15) is 0 Å². The highest BCUT2D eigenvalue weighted by Crippen LogP contribution is 2.13. The molecule has 4 heteroatoms. The van der Waals surface area contributed by atoms with Crippen molar-refractivity contribution in [3.05, 3.63) is 70.7 Å². The van der Waals surface area contributed by atoms with Gasteiger partial charge < -0.3 is 4.90 Å². The van der Waals surface area contributed by atoms with Crippen molar-refractivity contribution in [1.82, 2.24) is 4.90 Å². The summed E-state index contributed by atoms with van der Waals surface area (Å²) in [5.41, 5.74) is 1.62. The van der Waals surface area contributed by atoms with E-state index in [1.807, 2.05) is 36.4 Å². The number of carbonyl (C=O) groups is 2. The van der Waals surface area contributed by atoms with Crippen molar-refractivity contribution in [2.75, 3.05) is 7.05 Å². The third-order valence-corrected chi connectivity index (χ3v) is 3.63. The molecule has 0 heterocycles. The maximum atomic E-state index is 12.1. The van der Waals surface area contributed by atoms with E-state index in [2.05, 4.69) is 0 Å². The van der Waals surface area contributed by atoms with Crippen LogP contribution in [-0.2, 0) is 11.3 Å². The van der Waals surface area contributed by atoms with E-state index in [1.165, 1.54) is 0 Å². The Balaban J connectivity index is 1.85. The van der Waals surface area contributed by atoms with Crippen LogP contribution in [-0.4, -0.2) is 23.6 Å². The summed E-state index contributed by atoms with van der Waals surface area (Å²) in [7, 11) is 1.73. The van der Waals surface area contributed by atoms with Gasteiger partial charge in [0.25, 0.3) is 0 Å². The first kappa shape index (κ1) is 16.2. The van der Waals surface area contributed by atoms with E-state index in [0.29, 0.717) is 17.1 Å². The molecule has 0 aliphatic heterocycles. The summed E-state index contributed by atoms with van der Waals surface area (Å²) >= 11 is 5.93. The maximum Gasteiger partial charge on any atom is 0.223 e. The zero-order valence-electron chi connectivity index (χ0n) is 12.5. The fourth-order valence-electron chi connectivity index (χ4n) is 2.18. The zero-order valence-corrected chi connectivity index (χ0v) is 13.2. The number of nitrogens with zero attached hydrogens (tertiary/aromatic N) is 1. The maximum absolute atomic E-state index is 12.1. The molecule has 0 N–H and O–H groups in total. The minimum Gasteiger partial charge on any atom is -0.341 e. The zero-order chi connectivity index (χ0) is 15.9. The van der Waals surface area contributed by atoms with Crippen LogP contribution >= 0.6 is 11.6 Å². The van der Waals surface area contributed by atoms with Crippen molar-refractivity contribution in [3.63, 3.8) is 0 Å². The lowest BCUT2D eigenvalue weighted by Crippen LogP contribution is -2.26. The summed E-state index contributed by atoms with van der Waals surface area (Å²) < 4.78 is 0. The Labute approximate surface area is 135 Å². The highest BCUT2D eigenvalue weighted by Gasteiger charge is 2.13. The number of carbonyl (C=O) groups excluding carboxylic acids is 2. The fraction of sp³-hybridized carbons (Fsp3) is 0.222. The highest BCUT2D eigenvalue weighted by atomic mass is 35.5. The molecule has 0 fully saturated rings. The molecule has 1 amide bonds. The third kappa shape index (κ3) is 4.71. The van der Waals surface area contributed by atoms with E-state index in [0.717, 1.165) is 5.56 Å². The molecule has 114 valence electrons. The highest BCUT2D eigenvalue weighted by molar-refractivity contribution is 6.30. The summed E-state index contributed by atoms with van der Waals surface area (Å²) in [5, 5.41) is 0.651. The van der Waals surface area contributed by atoms with Gasteiger partial charge in [-0.3, -0.25) is 9.59 Å². The van der Waals surface area contributed by atoms with Crippen molar-refractivity contribution >= 4 is 23.3 Å². The predicted octanol–water partition coefficient (Wildman–Crippen LogP) is 3.96. The SMILES string of the molecule is CN(Cc1cccc(Cl)c1)C(=O)CCC(=O)c1ccccc1. The van der Waals surface area contributed by atoms with Crippen LogP contribution < -0.4 is 0 Å². The smallest absolute Gasteiger partial charge is 0.223 e. The molecule has 0 atom stereocenters. The van der Waals surface area contributed by atoms with Crippen LogP contribution in [0.5, 0.6) is 0 Å². The lowest BCUT2D eigenvalue weighted by atomic mass is 10.1. The van der Waals surface area contributed by atoms with Crippen molar-refractivity contribution in [1.29, 1.82) is 0 Å². The van der Waals surface area contributed by atoms with Crippen LogP contribution in [0, 0.1) is 0 Å². The van der Waals surface area contributed by atoms with Gasteiger partial charge in [-0.05, 0) is 17.7 Å². The lowest BCUT2D eigenvalue weighted by Gasteiger charge is -2.17. The molecule has 0 radical (unpaired) electrons. The van der Waals surface area contributed by atoms with Crippen molar-refractivity contribution in [3.8, 4) is 0 Å². The number of amides is 1. The van der Waals surface area contributed by atoms with Crippen molar-refractivity contribution in [2.24, 2.45) is 0 Å². The number of hydrogen-bond acceptors (Lipinski definition) is 2. The second-order valence-electron chi connectivity index (χ2n) is 5.17. The van der Waals surface area contributed by atoms with Crippen LogP contribution in [0.3, 0.4) is 0 Å². The van der Waals surface area contributed by atoms with Crippen LogP contribution in [0.4, 0.5) is 0 Å². The molecule has 0 aromatic heterocycles. The Bertz CT molecular complexity index is 655. The monoisotopic (exact) mass is 315 g/mol. The molecule has 2 aromatic carbocycles. The van der Waals surface area contributed by atoms with E-state index in [1.54, 1.807) is 30.1 Å². The molecule has 3 nitrogen and oxygen atoms in total. The normalized spacial score (nSPS) is 10.3. The topological polar surface area (TPSA) is 37.4 Å². The molecule has 0 bridgehead atoms. The molecule has 2 aromatic rings. The fourth-order valence-corrected chi connectivity index (χ4v) is 2.39. The van der Waals surface area contributed by atoms with E-state index in [9.17, 15) is 9.59 Å². The van der Waals surface area contributed by atoms with Crippen LogP contribution in [0.1, 0.15) is 28.8 Å². The summed E-state index contributed by atoms with van der Waals surface area (Å²) in [5.74, 6) is -0.0608. The molecule has 0 aliphatic rings. The molecule has 0 saturated heterocycles. The summed E-state index contributed by atoms with van der Waals surface area (Å²) in [6.45, 7) is 0.485. The number of ketones is 1. The van der Waals surface area contributed by atoms with E-state index >= 15 is 0 Å². The molecule has 0 spiro atoms. The van der Waals surface area contributed by atoms with Crippen molar-refractivity contribution in [2.45, 2.75) is 19.4 Å². The average Bonchev–Trinajstić information content (AvgIpc) is 2.53. The molecule has 0 aliphatic carbocycles. The first-order valence-corrected chi connectivity index (χ1v) is 7.50. The summed E-state index contributed by atoms with van der Waals surface area (Å²) in [6.07, 6.45) is 0.438. The first-order chi connectivity index (χ1) is 10.6. The standard InChI is InChI=1S/C18H18ClNO2/c1-20(13-14-6-5-9-16(19)12-14)18(22)11-10-17(21)15-7-3-2-4-8-15/h2-9,12H,10-11,13H2,1H3. The van der Waals surface area contributed by atoms with Crippen molar-refractivity contribution < 1.29 is 9.59 Å². The van der Waals surface area contributed by atoms with Gasteiger partial charge in [0.15, 0.2) is 5.78 Å². The van der Waals surface area contributed by atoms with Gasteiger partial charge in [0.05, 0.1) is 0 Å². The van der Waals surface area contributed by atoms with Gasteiger partial charge in [0.1, 0.15) is 0 Å². The first-order valence-electron chi connectivity index (χ1n) is 7.13. The Hall–Kier alpha value is -2.13. The number of rotatable bonds is 6. The minimum absolute atomic E-state index is 0.00916. The third-order valence-electron chi connectivity index (χ3n) is 3.40. The molecular weight excluding hydrogens is 298 g/mol. The second kappa shape index (κ2) is 7.76. The molecule has 22 heavy (non-hydrogen) atoms. The van der Waals surface area contributed by atoms with Crippen LogP contribution in [0.15, 0.2) is 54.6 Å². The average molecular weight is 316 g/mol. The predicted molar refractivity (Wildman–Crippen MR) is 87.9 cm³/mol. The molecular formula is C18H18ClNO2. The van der Waals surface area contributed by atoms with Gasteiger partial charge in [-0.1, -0.05) is 54.1 Å². The van der Waals surface area contributed by atoms with Gasteiger partial charge >= 0.3 is 0 Å². The van der Waals surface area contributed by atoms with Gasteiger partial charge in [0.2, 0.25) is 5.91 Å². The Morgan fingerprint density at radius 3 is 2.41 bits per heavy atom. The number of hydrogen-bond donors (Lipinski definition) is 0. The van der Waals surface area contributed by atoms with Crippen LogP contribution in [0.25, 0.3) is 0 Å². The van der Waals surface area contributed by atoms with E-state index in [4.69, 9.17) is 11.6 Å². The number of Topliss-reactive ketones (excluding diaryl/α,β-unsaturated/α-hetero) is 1. The Morgan fingerprint density at radius 2 is 1.73 bits per heavy atom. The summed E-state index contributed by atoms with van der Waals surface area (Å²) in [6, 6.07) is 16.4. The van der Waals surface area contributed by atoms with E-state index < -0.39 is 0 Å². The lowest BCUT2D eigenvalue weighted by molar-refractivity contribution is -0.130. The molecule has 2 rings (SSSR count). The second-order valence-corrected chi connectivity index (χ2v) is 5.61. The quantitative estimate of drug-likeness (QED) is 0.757. The van der Waals surface area contributed by atoms with Crippen LogP contribution in [0.2, 0.25) is 5.02 Å². The number of halogens is 1. The van der Waals surface area contributed by atoms with Gasteiger partial charge in [-0.25, -0.2) is 0 Å². The largest absolute Gasteiger partial charge is 0.341 e. The van der Waals surface area contributed by atoms with E-state index in [-0.39, 0.29) is 24.5 Å². The number of benzene rings is 2. The van der Waals surface area contributed by atoms with Gasteiger partial charge in [0, 0.05) is 37.0 Å². The summed E-state index contributed by atoms with van der Waals surface area (Å²) in [4.78, 5) is 25.7. The molecule has 0 unspecified atom stereocenters. The Kier molecular flexibility index (Phi) is 5.73. The van der Waals surface area contributed by atoms with Gasteiger partial charge in [-0.15, -0.1) is 0 Å². The molecule has 0 saturated carbocycles. The minimum atomic E-state index is -0.0516.